The Labute approximate surface area is 105 Å². The largest absolute Gasteiger partial charge is 0.465 e. The minimum absolute atomic E-state index is 0.357. The smallest absolute Gasteiger partial charge is 0.337 e. The van der Waals surface area contributed by atoms with Crippen LogP contribution in [0.3, 0.4) is 0 Å². The number of carbonyl (C=O) groups is 1. The lowest BCUT2D eigenvalue weighted by atomic mass is 10.1. The molecule has 1 aromatic heterocycles. The van der Waals surface area contributed by atoms with Crippen LogP contribution in [0.25, 0.3) is 0 Å². The van der Waals surface area contributed by atoms with E-state index in [9.17, 15) is 4.79 Å². The summed E-state index contributed by atoms with van der Waals surface area (Å²) in [5.41, 5.74) is 2.06. The molecule has 1 heterocycles. The van der Waals surface area contributed by atoms with Gasteiger partial charge in [-0.25, -0.2) is 4.79 Å². The normalized spacial score (nSPS) is 9.78. The molecule has 4 heteroatoms. The number of methoxy groups -OCH3 is 1. The zero-order chi connectivity index (χ0) is 13.0. The molecule has 0 saturated carbocycles. The fourth-order valence-corrected chi connectivity index (χ4v) is 1.76. The minimum Gasteiger partial charge on any atom is -0.465 e. The van der Waals surface area contributed by atoms with Gasteiger partial charge in [-0.2, -0.15) is 5.26 Å². The van der Waals surface area contributed by atoms with Crippen molar-refractivity contribution in [3.05, 3.63) is 59.4 Å². The van der Waals surface area contributed by atoms with E-state index in [1.165, 1.54) is 7.11 Å². The third-order valence-electron chi connectivity index (χ3n) is 2.65. The number of nitrogens with zero attached hydrogens (tertiary/aromatic N) is 2. The second kappa shape index (κ2) is 5.19. The summed E-state index contributed by atoms with van der Waals surface area (Å²) in [6, 6.07) is 12.9. The number of hydrogen-bond acceptors (Lipinski definition) is 3. The number of hydrogen-bond donors (Lipinski definition) is 0. The molecule has 0 unspecified atom stereocenters. The molecular formula is C14H12N2O2. The van der Waals surface area contributed by atoms with Crippen molar-refractivity contribution in [1.29, 1.82) is 5.26 Å². The summed E-state index contributed by atoms with van der Waals surface area (Å²) < 4.78 is 6.50. The lowest BCUT2D eigenvalue weighted by Gasteiger charge is -2.06. The zero-order valence-electron chi connectivity index (χ0n) is 9.96. The van der Waals surface area contributed by atoms with Gasteiger partial charge in [-0.15, -0.1) is 0 Å². The molecule has 0 aliphatic rings. The molecule has 90 valence electrons. The van der Waals surface area contributed by atoms with E-state index >= 15 is 0 Å². The van der Waals surface area contributed by atoms with Crippen LogP contribution in [-0.2, 0) is 11.3 Å². The first-order valence-electron chi connectivity index (χ1n) is 5.47. The fraction of sp³-hybridized carbons (Fsp3) is 0.143. The highest BCUT2D eigenvalue weighted by Gasteiger charge is 2.06. The van der Waals surface area contributed by atoms with E-state index in [4.69, 9.17) is 5.26 Å². The Morgan fingerprint density at radius 3 is 2.94 bits per heavy atom. The maximum absolute atomic E-state index is 11.4. The van der Waals surface area contributed by atoms with Gasteiger partial charge in [-0.1, -0.05) is 12.1 Å². The Balaban J connectivity index is 2.25. The van der Waals surface area contributed by atoms with Gasteiger partial charge < -0.3 is 9.30 Å². The van der Waals surface area contributed by atoms with Crippen LogP contribution in [0.15, 0.2) is 42.6 Å². The SMILES string of the molecule is COC(=O)c1cccc(Cn2cccc2C#N)c1. The fourth-order valence-electron chi connectivity index (χ4n) is 1.76. The van der Waals surface area contributed by atoms with Crippen LogP contribution >= 0.6 is 0 Å². The Morgan fingerprint density at radius 1 is 1.39 bits per heavy atom. The van der Waals surface area contributed by atoms with Crippen LogP contribution in [0.2, 0.25) is 0 Å². The third kappa shape index (κ3) is 2.41. The average Bonchev–Trinajstić information content (AvgIpc) is 2.85. The maximum Gasteiger partial charge on any atom is 0.337 e. The van der Waals surface area contributed by atoms with Gasteiger partial charge in [0.2, 0.25) is 0 Å². The molecule has 0 N–H and O–H groups in total. The first kappa shape index (κ1) is 11.9. The first-order valence-corrected chi connectivity index (χ1v) is 5.47. The van der Waals surface area contributed by atoms with Gasteiger partial charge in [0.1, 0.15) is 11.8 Å². The molecule has 0 fully saturated rings. The van der Waals surface area contributed by atoms with E-state index < -0.39 is 0 Å². The van der Waals surface area contributed by atoms with Crippen LogP contribution in [0.1, 0.15) is 21.6 Å². The molecule has 2 aromatic rings. The highest BCUT2D eigenvalue weighted by molar-refractivity contribution is 5.89. The van der Waals surface area contributed by atoms with Crippen LogP contribution in [0.4, 0.5) is 0 Å². The van der Waals surface area contributed by atoms with Crippen molar-refractivity contribution in [2.24, 2.45) is 0 Å². The van der Waals surface area contributed by atoms with Crippen LogP contribution in [0.5, 0.6) is 0 Å². The van der Waals surface area contributed by atoms with Crippen molar-refractivity contribution in [3.8, 4) is 6.07 Å². The third-order valence-corrected chi connectivity index (χ3v) is 2.65. The van der Waals surface area contributed by atoms with Crippen LogP contribution in [-0.4, -0.2) is 17.6 Å². The number of ether oxygens (including phenoxy) is 1. The molecule has 0 saturated heterocycles. The molecule has 0 atom stereocenters. The van der Waals surface area contributed by atoms with Gasteiger partial charge in [-0.3, -0.25) is 0 Å². The lowest BCUT2D eigenvalue weighted by Crippen LogP contribution is -2.04. The van der Waals surface area contributed by atoms with Gasteiger partial charge in [-0.05, 0) is 29.8 Å². The monoisotopic (exact) mass is 240 g/mol. The van der Waals surface area contributed by atoms with E-state index in [-0.39, 0.29) is 5.97 Å². The molecule has 0 radical (unpaired) electrons. The molecule has 0 bridgehead atoms. The second-order valence-electron chi connectivity index (χ2n) is 3.83. The average molecular weight is 240 g/mol. The van der Waals surface area contributed by atoms with Crippen molar-refractivity contribution < 1.29 is 9.53 Å². The Kier molecular flexibility index (Phi) is 3.44. The molecule has 0 aliphatic carbocycles. The molecular weight excluding hydrogens is 228 g/mol. The summed E-state index contributed by atoms with van der Waals surface area (Å²) in [5.74, 6) is -0.357. The lowest BCUT2D eigenvalue weighted by molar-refractivity contribution is 0.0600. The summed E-state index contributed by atoms with van der Waals surface area (Å²) in [6.07, 6.45) is 1.84. The summed E-state index contributed by atoms with van der Waals surface area (Å²) in [7, 11) is 1.36. The van der Waals surface area contributed by atoms with Crippen molar-refractivity contribution >= 4 is 5.97 Å². The van der Waals surface area contributed by atoms with Crippen molar-refractivity contribution in [2.45, 2.75) is 6.54 Å². The Bertz CT molecular complexity index is 608. The predicted molar refractivity (Wildman–Crippen MR) is 66.0 cm³/mol. The van der Waals surface area contributed by atoms with Crippen molar-refractivity contribution in [1.82, 2.24) is 4.57 Å². The van der Waals surface area contributed by atoms with E-state index in [1.54, 1.807) is 24.3 Å². The summed E-state index contributed by atoms with van der Waals surface area (Å²) in [6.45, 7) is 0.556. The molecule has 0 aliphatic heterocycles. The maximum atomic E-state index is 11.4. The Hall–Kier alpha value is -2.54. The number of aromatic nitrogens is 1. The van der Waals surface area contributed by atoms with E-state index in [0.717, 1.165) is 5.56 Å². The zero-order valence-corrected chi connectivity index (χ0v) is 9.96. The predicted octanol–water partition coefficient (Wildman–Crippen LogP) is 2.19. The number of esters is 1. The molecule has 0 spiro atoms. The van der Waals surface area contributed by atoms with Gasteiger partial charge in [0.15, 0.2) is 0 Å². The number of nitriles is 1. The summed E-state index contributed by atoms with van der Waals surface area (Å²) >= 11 is 0. The highest BCUT2D eigenvalue weighted by Crippen LogP contribution is 2.10. The molecule has 1 aromatic carbocycles. The van der Waals surface area contributed by atoms with Gasteiger partial charge in [0.05, 0.1) is 12.7 Å². The standard InChI is InChI=1S/C14H12N2O2/c1-18-14(17)12-5-2-4-11(8-12)10-16-7-3-6-13(16)9-15/h2-8H,10H2,1H3. The van der Waals surface area contributed by atoms with Crippen LogP contribution in [0, 0.1) is 11.3 Å². The summed E-state index contributed by atoms with van der Waals surface area (Å²) in [5, 5.41) is 8.92. The number of benzene rings is 1. The van der Waals surface area contributed by atoms with Crippen molar-refractivity contribution in [2.75, 3.05) is 7.11 Å². The van der Waals surface area contributed by atoms with E-state index in [2.05, 4.69) is 10.8 Å². The van der Waals surface area contributed by atoms with Gasteiger partial charge in [0.25, 0.3) is 0 Å². The minimum atomic E-state index is -0.357. The number of rotatable bonds is 3. The quantitative estimate of drug-likeness (QED) is 0.773. The second-order valence-corrected chi connectivity index (χ2v) is 3.83. The Morgan fingerprint density at radius 2 is 2.22 bits per heavy atom. The van der Waals surface area contributed by atoms with Gasteiger partial charge in [0, 0.05) is 12.7 Å². The van der Waals surface area contributed by atoms with Crippen LogP contribution < -0.4 is 0 Å². The van der Waals surface area contributed by atoms with Crippen molar-refractivity contribution in [3.63, 3.8) is 0 Å². The molecule has 4 nitrogen and oxygen atoms in total. The molecule has 0 amide bonds. The molecule has 2 rings (SSSR count). The van der Waals surface area contributed by atoms with E-state index in [1.807, 2.05) is 22.9 Å². The number of carbonyl (C=O) groups excluding carboxylic acids is 1. The van der Waals surface area contributed by atoms with E-state index in [0.29, 0.717) is 17.8 Å². The molecule has 18 heavy (non-hydrogen) atoms. The topological polar surface area (TPSA) is 55.0 Å². The highest BCUT2D eigenvalue weighted by atomic mass is 16.5. The van der Waals surface area contributed by atoms with Gasteiger partial charge >= 0.3 is 5.97 Å². The summed E-state index contributed by atoms with van der Waals surface area (Å²) in [4.78, 5) is 11.4. The first-order chi connectivity index (χ1) is 8.74.